The highest BCUT2D eigenvalue weighted by atomic mass is 32.2. The number of carbonyl (C=O) groups is 2. The molecule has 0 aliphatic heterocycles. The molecule has 0 aliphatic rings. The van der Waals surface area contributed by atoms with Gasteiger partial charge in [-0.2, -0.15) is 0 Å². The van der Waals surface area contributed by atoms with Crippen molar-refractivity contribution >= 4 is 29.3 Å². The Balaban J connectivity index is 1.75. The number of likely N-dealkylation sites (N-methyl/N-ethyl adjacent to an activating group) is 1. The standard InChI is InChI=1S/C21H26N2O3S/c1-16-7-5-6-8-19(16)27-15-21(25)26-14-20(24)23(4)13-17-9-11-18(12-10-17)22(2)3/h5-12H,13-15H2,1-4H3. The van der Waals surface area contributed by atoms with Gasteiger partial charge in [0.1, 0.15) is 0 Å². The first-order valence-electron chi connectivity index (χ1n) is 8.71. The molecule has 0 unspecified atom stereocenters. The highest BCUT2D eigenvalue weighted by Gasteiger charge is 2.13. The fraction of sp³-hybridized carbons (Fsp3) is 0.333. The molecular weight excluding hydrogens is 360 g/mol. The number of nitrogens with zero attached hydrogens (tertiary/aromatic N) is 2. The predicted molar refractivity (Wildman–Crippen MR) is 110 cm³/mol. The lowest BCUT2D eigenvalue weighted by atomic mass is 10.2. The van der Waals surface area contributed by atoms with Crippen LogP contribution >= 0.6 is 11.8 Å². The van der Waals surface area contributed by atoms with Crippen LogP contribution in [0.2, 0.25) is 0 Å². The molecule has 0 aliphatic carbocycles. The number of hydrogen-bond donors (Lipinski definition) is 0. The van der Waals surface area contributed by atoms with E-state index in [1.54, 1.807) is 11.9 Å². The van der Waals surface area contributed by atoms with Crippen LogP contribution < -0.4 is 4.90 Å². The second-order valence-corrected chi connectivity index (χ2v) is 7.54. The monoisotopic (exact) mass is 386 g/mol. The van der Waals surface area contributed by atoms with Crippen molar-refractivity contribution in [2.24, 2.45) is 0 Å². The highest BCUT2D eigenvalue weighted by Crippen LogP contribution is 2.21. The van der Waals surface area contributed by atoms with E-state index in [1.807, 2.05) is 74.4 Å². The second-order valence-electron chi connectivity index (χ2n) is 6.53. The van der Waals surface area contributed by atoms with Gasteiger partial charge in [0.25, 0.3) is 5.91 Å². The number of ether oxygens (including phenoxy) is 1. The minimum absolute atomic E-state index is 0.188. The van der Waals surface area contributed by atoms with Crippen LogP contribution in [0.1, 0.15) is 11.1 Å². The van der Waals surface area contributed by atoms with Crippen LogP contribution in [-0.2, 0) is 20.9 Å². The molecule has 0 bridgehead atoms. The first-order valence-corrected chi connectivity index (χ1v) is 9.69. The summed E-state index contributed by atoms with van der Waals surface area (Å²) in [5.74, 6) is -0.422. The SMILES string of the molecule is Cc1ccccc1SCC(=O)OCC(=O)N(C)Cc1ccc(N(C)C)cc1. The maximum Gasteiger partial charge on any atom is 0.316 e. The molecule has 0 N–H and O–H groups in total. The topological polar surface area (TPSA) is 49.9 Å². The molecule has 5 nitrogen and oxygen atoms in total. The van der Waals surface area contributed by atoms with Gasteiger partial charge in [0.15, 0.2) is 6.61 Å². The van der Waals surface area contributed by atoms with E-state index >= 15 is 0 Å². The Morgan fingerprint density at radius 2 is 1.67 bits per heavy atom. The molecule has 2 aromatic rings. The maximum absolute atomic E-state index is 12.2. The summed E-state index contributed by atoms with van der Waals surface area (Å²) in [6.07, 6.45) is 0. The summed E-state index contributed by atoms with van der Waals surface area (Å²) in [6, 6.07) is 15.9. The second kappa shape index (κ2) is 10.0. The number of thioether (sulfide) groups is 1. The van der Waals surface area contributed by atoms with Crippen LogP contribution in [0.25, 0.3) is 0 Å². The van der Waals surface area contributed by atoms with Gasteiger partial charge in [0.05, 0.1) is 5.75 Å². The minimum Gasteiger partial charge on any atom is -0.455 e. The van der Waals surface area contributed by atoms with Crippen molar-refractivity contribution in [3.63, 3.8) is 0 Å². The van der Waals surface area contributed by atoms with E-state index in [4.69, 9.17) is 4.74 Å². The first kappa shape index (κ1) is 20.8. The fourth-order valence-corrected chi connectivity index (χ4v) is 3.24. The summed E-state index contributed by atoms with van der Waals surface area (Å²) in [6.45, 7) is 2.23. The van der Waals surface area contributed by atoms with Crippen LogP contribution in [0, 0.1) is 6.92 Å². The molecule has 0 atom stereocenters. The van der Waals surface area contributed by atoms with Crippen molar-refractivity contribution in [2.75, 3.05) is 38.4 Å². The first-order chi connectivity index (χ1) is 12.9. The van der Waals surface area contributed by atoms with E-state index in [9.17, 15) is 9.59 Å². The lowest BCUT2D eigenvalue weighted by molar-refractivity contribution is -0.149. The molecule has 2 aromatic carbocycles. The number of esters is 1. The molecule has 1 amide bonds. The van der Waals surface area contributed by atoms with Crippen molar-refractivity contribution in [3.8, 4) is 0 Å². The lowest BCUT2D eigenvalue weighted by Gasteiger charge is -2.18. The average molecular weight is 387 g/mol. The third-order valence-corrected chi connectivity index (χ3v) is 5.24. The van der Waals surface area contributed by atoms with Crippen LogP contribution in [0.4, 0.5) is 5.69 Å². The van der Waals surface area contributed by atoms with E-state index < -0.39 is 0 Å². The Labute approximate surface area is 165 Å². The van der Waals surface area contributed by atoms with Crippen molar-refractivity contribution in [2.45, 2.75) is 18.4 Å². The summed E-state index contributed by atoms with van der Waals surface area (Å²) >= 11 is 1.42. The zero-order chi connectivity index (χ0) is 19.8. The van der Waals surface area contributed by atoms with Crippen molar-refractivity contribution in [1.82, 2.24) is 4.90 Å². The van der Waals surface area contributed by atoms with Gasteiger partial charge in [-0.1, -0.05) is 30.3 Å². The summed E-state index contributed by atoms with van der Waals surface area (Å²) in [5, 5.41) is 0. The van der Waals surface area contributed by atoms with Crippen molar-refractivity contribution < 1.29 is 14.3 Å². The predicted octanol–water partition coefficient (Wildman–Crippen LogP) is 3.35. The van der Waals surface area contributed by atoms with E-state index in [-0.39, 0.29) is 24.2 Å². The van der Waals surface area contributed by atoms with Gasteiger partial charge < -0.3 is 14.5 Å². The minimum atomic E-state index is -0.389. The molecule has 0 heterocycles. The number of rotatable bonds is 8. The maximum atomic E-state index is 12.2. The largest absolute Gasteiger partial charge is 0.455 e. The van der Waals surface area contributed by atoms with E-state index in [0.717, 1.165) is 21.7 Å². The third-order valence-electron chi connectivity index (χ3n) is 4.09. The zero-order valence-electron chi connectivity index (χ0n) is 16.3. The molecule has 0 saturated heterocycles. The van der Waals surface area contributed by atoms with Crippen LogP contribution in [-0.4, -0.2) is 50.3 Å². The van der Waals surface area contributed by atoms with Crippen LogP contribution in [0.15, 0.2) is 53.4 Å². The Morgan fingerprint density at radius 1 is 1.00 bits per heavy atom. The van der Waals surface area contributed by atoms with Crippen LogP contribution in [0.3, 0.4) is 0 Å². The van der Waals surface area contributed by atoms with Gasteiger partial charge in [-0.05, 0) is 36.2 Å². The van der Waals surface area contributed by atoms with Crippen molar-refractivity contribution in [3.05, 3.63) is 59.7 Å². The van der Waals surface area contributed by atoms with E-state index in [1.165, 1.54) is 11.8 Å². The lowest BCUT2D eigenvalue weighted by Crippen LogP contribution is -2.31. The Kier molecular flexibility index (Phi) is 7.73. The Bertz CT molecular complexity index is 775. The molecule has 2 rings (SSSR count). The third kappa shape index (κ3) is 6.64. The highest BCUT2D eigenvalue weighted by molar-refractivity contribution is 8.00. The quantitative estimate of drug-likeness (QED) is 0.514. The van der Waals surface area contributed by atoms with Crippen molar-refractivity contribution in [1.29, 1.82) is 0 Å². The smallest absolute Gasteiger partial charge is 0.316 e. The number of aryl methyl sites for hydroxylation is 1. The molecule has 0 spiro atoms. The molecule has 0 aromatic heterocycles. The number of anilines is 1. The van der Waals surface area contributed by atoms with E-state index in [2.05, 4.69) is 0 Å². The molecule has 0 fully saturated rings. The number of amides is 1. The molecule has 0 radical (unpaired) electrons. The summed E-state index contributed by atoms with van der Waals surface area (Å²) < 4.78 is 5.12. The van der Waals surface area contributed by atoms with Gasteiger partial charge >= 0.3 is 5.97 Å². The summed E-state index contributed by atoms with van der Waals surface area (Å²) in [5.41, 5.74) is 3.25. The van der Waals surface area contributed by atoms with Gasteiger partial charge in [-0.25, -0.2) is 0 Å². The van der Waals surface area contributed by atoms with E-state index in [0.29, 0.717) is 6.54 Å². The number of hydrogen-bond acceptors (Lipinski definition) is 5. The fourth-order valence-electron chi connectivity index (χ4n) is 2.41. The molecular formula is C21H26N2O3S. The molecule has 27 heavy (non-hydrogen) atoms. The van der Waals surface area contributed by atoms with Gasteiger partial charge in [0, 0.05) is 38.3 Å². The Morgan fingerprint density at radius 3 is 2.30 bits per heavy atom. The van der Waals surface area contributed by atoms with Gasteiger partial charge in [-0.15, -0.1) is 11.8 Å². The van der Waals surface area contributed by atoms with Crippen LogP contribution in [0.5, 0.6) is 0 Å². The molecule has 144 valence electrons. The molecule has 0 saturated carbocycles. The molecule has 6 heteroatoms. The summed E-state index contributed by atoms with van der Waals surface area (Å²) in [7, 11) is 5.67. The summed E-state index contributed by atoms with van der Waals surface area (Å²) in [4.78, 5) is 28.7. The normalized spacial score (nSPS) is 10.4. The number of carbonyl (C=O) groups excluding carboxylic acids is 2. The average Bonchev–Trinajstić information content (AvgIpc) is 2.65. The zero-order valence-corrected chi connectivity index (χ0v) is 17.1. The van der Waals surface area contributed by atoms with Gasteiger partial charge in [-0.3, -0.25) is 9.59 Å². The Hall–Kier alpha value is -2.47. The van der Waals surface area contributed by atoms with Gasteiger partial charge in [0.2, 0.25) is 0 Å². The number of benzene rings is 2.